The average Bonchev–Trinajstić information content (AvgIpc) is 2.97. The third-order valence-electron chi connectivity index (χ3n) is 4.36. The minimum atomic E-state index is -0.485. The molecular weight excluding hydrogens is 384 g/mol. The quantitative estimate of drug-likeness (QED) is 0.728. The van der Waals surface area contributed by atoms with E-state index in [1.807, 2.05) is 42.5 Å². The molecule has 0 bridgehead atoms. The highest BCUT2D eigenvalue weighted by Gasteiger charge is 2.36. The lowest BCUT2D eigenvalue weighted by atomic mass is 10.1. The van der Waals surface area contributed by atoms with E-state index in [2.05, 4.69) is 20.9 Å². The molecule has 0 saturated carbocycles. The first kappa shape index (κ1) is 15.9. The summed E-state index contributed by atoms with van der Waals surface area (Å²) in [5.41, 5.74) is 1.95. The third kappa shape index (κ3) is 2.93. The monoisotopic (exact) mass is 398 g/mol. The van der Waals surface area contributed by atoms with E-state index in [0.29, 0.717) is 17.5 Å². The summed E-state index contributed by atoms with van der Waals surface area (Å²) < 4.78 is 6.03. The van der Waals surface area contributed by atoms with Crippen LogP contribution in [0.4, 0.5) is 10.5 Å². The van der Waals surface area contributed by atoms with E-state index in [-0.39, 0.29) is 18.1 Å². The van der Waals surface area contributed by atoms with Gasteiger partial charge in [-0.3, -0.25) is 9.69 Å². The largest absolute Gasteiger partial charge is 0.447 e. The molecule has 1 aliphatic heterocycles. The highest BCUT2D eigenvalue weighted by atomic mass is 79.9. The van der Waals surface area contributed by atoms with Crippen molar-refractivity contribution in [2.24, 2.45) is 0 Å². The molecule has 1 saturated heterocycles. The van der Waals surface area contributed by atoms with Gasteiger partial charge in [0.05, 0.1) is 6.04 Å². The Bertz CT molecular complexity index is 1000. The molecule has 2 heterocycles. The molecule has 5 nitrogen and oxygen atoms in total. The van der Waals surface area contributed by atoms with Crippen molar-refractivity contribution in [1.29, 1.82) is 0 Å². The van der Waals surface area contributed by atoms with E-state index in [1.165, 1.54) is 4.90 Å². The lowest BCUT2D eigenvalue weighted by Gasteiger charge is -2.21. The van der Waals surface area contributed by atoms with Gasteiger partial charge in [-0.15, -0.1) is 0 Å². The maximum atomic E-state index is 12.9. The fourth-order valence-electron chi connectivity index (χ4n) is 3.15. The van der Waals surface area contributed by atoms with Crippen LogP contribution in [0.5, 0.6) is 0 Å². The van der Waals surface area contributed by atoms with Crippen LogP contribution in [0.25, 0.3) is 10.9 Å². The molecule has 1 unspecified atom stereocenters. The number of aromatic amines is 1. The summed E-state index contributed by atoms with van der Waals surface area (Å²) in [6, 6.07) is 15.1. The first-order valence-electron chi connectivity index (χ1n) is 7.94. The molecule has 25 heavy (non-hydrogen) atoms. The molecule has 1 aliphatic rings. The first-order valence-corrected chi connectivity index (χ1v) is 8.73. The third-order valence-corrected chi connectivity index (χ3v) is 4.85. The number of halogens is 1. The topological polar surface area (TPSA) is 62.4 Å². The molecule has 3 aromatic rings. The molecule has 4 rings (SSSR count). The van der Waals surface area contributed by atoms with Gasteiger partial charge in [-0.05, 0) is 30.2 Å². The Labute approximate surface area is 152 Å². The maximum absolute atomic E-state index is 12.9. The van der Waals surface area contributed by atoms with Crippen LogP contribution < -0.4 is 10.3 Å². The Morgan fingerprint density at radius 1 is 1.16 bits per heavy atom. The van der Waals surface area contributed by atoms with Crippen molar-refractivity contribution in [3.63, 3.8) is 0 Å². The standard InChI is InChI=1S/C19H15BrN2O3/c20-13-6-7-16-15(9-13)18(23)17(10-21-16)22-14(11-25-19(22)24)8-12-4-2-1-3-5-12/h1-7,9-10,14H,8,11H2,(H,21,23). The number of benzene rings is 2. The summed E-state index contributed by atoms with van der Waals surface area (Å²) in [6.45, 7) is 0.268. The number of hydrogen-bond acceptors (Lipinski definition) is 3. The fraction of sp³-hybridized carbons (Fsp3) is 0.158. The van der Waals surface area contributed by atoms with E-state index in [0.717, 1.165) is 15.6 Å². The molecule has 0 aliphatic carbocycles. The normalized spacial score (nSPS) is 17.1. The number of cyclic esters (lactones) is 1. The van der Waals surface area contributed by atoms with Crippen LogP contribution in [0.15, 0.2) is 64.0 Å². The lowest BCUT2D eigenvalue weighted by molar-refractivity contribution is 0.178. The predicted octanol–water partition coefficient (Wildman–Crippen LogP) is 3.86. The summed E-state index contributed by atoms with van der Waals surface area (Å²) in [5.74, 6) is 0. The van der Waals surface area contributed by atoms with Gasteiger partial charge in [0.1, 0.15) is 12.3 Å². The van der Waals surface area contributed by atoms with Crippen molar-refractivity contribution in [1.82, 2.24) is 4.98 Å². The minimum absolute atomic E-state index is 0.188. The van der Waals surface area contributed by atoms with Crippen LogP contribution in [-0.4, -0.2) is 23.7 Å². The van der Waals surface area contributed by atoms with Crippen molar-refractivity contribution in [3.05, 3.63) is 75.0 Å². The number of carbonyl (C=O) groups excluding carboxylic acids is 1. The van der Waals surface area contributed by atoms with Crippen molar-refractivity contribution < 1.29 is 9.53 Å². The van der Waals surface area contributed by atoms with Gasteiger partial charge in [-0.1, -0.05) is 46.3 Å². The van der Waals surface area contributed by atoms with E-state index in [9.17, 15) is 9.59 Å². The minimum Gasteiger partial charge on any atom is -0.447 e. The second-order valence-corrected chi connectivity index (χ2v) is 6.90. The number of pyridine rings is 1. The molecule has 1 amide bonds. The van der Waals surface area contributed by atoms with Gasteiger partial charge < -0.3 is 9.72 Å². The van der Waals surface area contributed by atoms with Crippen LogP contribution >= 0.6 is 15.9 Å². The molecule has 1 aromatic heterocycles. The second-order valence-electron chi connectivity index (χ2n) is 5.98. The zero-order valence-corrected chi connectivity index (χ0v) is 14.8. The first-order chi connectivity index (χ1) is 12.1. The van der Waals surface area contributed by atoms with E-state index >= 15 is 0 Å². The smallest absolute Gasteiger partial charge is 0.414 e. The van der Waals surface area contributed by atoms with Crippen LogP contribution in [0, 0.1) is 0 Å². The zero-order valence-electron chi connectivity index (χ0n) is 13.2. The van der Waals surface area contributed by atoms with Crippen molar-refractivity contribution >= 4 is 38.6 Å². The number of nitrogens with zero attached hydrogens (tertiary/aromatic N) is 1. The number of amides is 1. The molecule has 2 aromatic carbocycles. The Morgan fingerprint density at radius 3 is 2.76 bits per heavy atom. The van der Waals surface area contributed by atoms with Crippen molar-refractivity contribution in [2.75, 3.05) is 11.5 Å². The summed E-state index contributed by atoms with van der Waals surface area (Å²) in [4.78, 5) is 29.8. The van der Waals surface area contributed by atoms with Crippen LogP contribution in [0.3, 0.4) is 0 Å². The molecular formula is C19H15BrN2O3. The molecule has 1 N–H and O–H groups in total. The second kappa shape index (κ2) is 6.37. The van der Waals surface area contributed by atoms with E-state index < -0.39 is 6.09 Å². The number of H-pyrrole nitrogens is 1. The van der Waals surface area contributed by atoms with E-state index in [1.54, 1.807) is 12.3 Å². The van der Waals surface area contributed by atoms with Gasteiger partial charge >= 0.3 is 6.09 Å². The maximum Gasteiger partial charge on any atom is 0.414 e. The summed E-state index contributed by atoms with van der Waals surface area (Å²) in [7, 11) is 0. The SMILES string of the molecule is O=C1OCC(Cc2ccccc2)N1c1c[nH]c2ccc(Br)cc2c1=O. The van der Waals surface area contributed by atoms with Gasteiger partial charge in [0.25, 0.3) is 0 Å². The Kier molecular flexibility index (Phi) is 4.05. The highest BCUT2D eigenvalue weighted by molar-refractivity contribution is 9.10. The van der Waals surface area contributed by atoms with Crippen LogP contribution in [-0.2, 0) is 11.2 Å². The number of rotatable bonds is 3. The van der Waals surface area contributed by atoms with Crippen molar-refractivity contribution in [3.8, 4) is 0 Å². The number of anilines is 1. The van der Waals surface area contributed by atoms with Gasteiger partial charge in [0, 0.05) is 21.6 Å². The van der Waals surface area contributed by atoms with Crippen LogP contribution in [0.2, 0.25) is 0 Å². The number of nitrogens with one attached hydrogen (secondary N) is 1. The number of fused-ring (bicyclic) bond motifs is 1. The van der Waals surface area contributed by atoms with Crippen LogP contribution in [0.1, 0.15) is 5.56 Å². The molecule has 1 atom stereocenters. The Morgan fingerprint density at radius 2 is 1.96 bits per heavy atom. The fourth-order valence-corrected chi connectivity index (χ4v) is 3.51. The summed E-state index contributed by atoms with van der Waals surface area (Å²) >= 11 is 3.38. The van der Waals surface area contributed by atoms with Gasteiger partial charge in [-0.2, -0.15) is 0 Å². The summed E-state index contributed by atoms with van der Waals surface area (Å²) in [5, 5.41) is 0.532. The number of hydrogen-bond donors (Lipinski definition) is 1. The summed E-state index contributed by atoms with van der Waals surface area (Å²) in [6.07, 6.45) is 1.73. The molecule has 0 radical (unpaired) electrons. The van der Waals surface area contributed by atoms with Gasteiger partial charge in [0.15, 0.2) is 0 Å². The number of aromatic nitrogens is 1. The lowest BCUT2D eigenvalue weighted by Crippen LogP contribution is -2.38. The molecule has 1 fully saturated rings. The molecule has 6 heteroatoms. The molecule has 126 valence electrons. The Hall–Kier alpha value is -2.60. The van der Waals surface area contributed by atoms with Gasteiger partial charge in [0.2, 0.25) is 5.43 Å². The van der Waals surface area contributed by atoms with Crippen molar-refractivity contribution in [2.45, 2.75) is 12.5 Å². The number of ether oxygens (including phenoxy) is 1. The molecule has 0 spiro atoms. The highest BCUT2D eigenvalue weighted by Crippen LogP contribution is 2.24. The number of carbonyl (C=O) groups is 1. The predicted molar refractivity (Wildman–Crippen MR) is 100 cm³/mol. The zero-order chi connectivity index (χ0) is 17.4. The van der Waals surface area contributed by atoms with Gasteiger partial charge in [-0.25, -0.2) is 4.79 Å². The Balaban J connectivity index is 1.76. The average molecular weight is 399 g/mol. The van der Waals surface area contributed by atoms with E-state index in [4.69, 9.17) is 4.74 Å².